The quantitative estimate of drug-likeness (QED) is 0.169. The van der Waals surface area contributed by atoms with Crippen molar-refractivity contribution >= 4 is 40.6 Å². The number of rotatable bonds is 9. The van der Waals surface area contributed by atoms with Crippen molar-refractivity contribution in [2.45, 2.75) is 70.2 Å². The van der Waals surface area contributed by atoms with Crippen LogP contribution in [0.4, 0.5) is 10.1 Å². The smallest absolute Gasteiger partial charge is 0.158 e. The second-order valence-electron chi connectivity index (χ2n) is 13.1. The Morgan fingerprint density at radius 3 is 2.71 bits per heavy atom. The Morgan fingerprint density at radius 1 is 1.13 bits per heavy atom. The summed E-state index contributed by atoms with van der Waals surface area (Å²) in [6.45, 7) is 13.1. The average Bonchev–Trinajstić information content (AvgIpc) is 3.35. The van der Waals surface area contributed by atoms with Crippen LogP contribution in [-0.2, 0) is 22.3 Å². The van der Waals surface area contributed by atoms with E-state index in [9.17, 15) is 0 Å². The number of morpholine rings is 1. The minimum absolute atomic E-state index is 0.177. The fourth-order valence-corrected chi connectivity index (χ4v) is 7.93. The largest absolute Gasteiger partial charge is 0.376 e. The number of halogens is 2. The Bertz CT molecular complexity index is 1620. The van der Waals surface area contributed by atoms with E-state index < -0.39 is 5.82 Å². The molecule has 7 rings (SSSR count). The van der Waals surface area contributed by atoms with E-state index in [0.717, 1.165) is 81.2 Å². The maximum atomic E-state index is 16.7. The molecule has 7 nitrogen and oxygen atoms in total. The number of hydrogen-bond donors (Lipinski definition) is 1. The standard InChI is InChI=1S/C36H43ClFN5O2/c1-22-20-45-23(2)17-42(22)14-5-15-44-21-40-36(43-18-26-11-12-27(19-43)41-26)30-16-31(37)33(34(38)35(30)39-3)29-7-4-6-25-9-8-24-10-13-28(24)32(25)29/h4,6-9,16,22-23,26-27,41H,3,5,10-15,17-21H2,1-2H3. The third-order valence-electron chi connectivity index (χ3n) is 10.0. The molecule has 1 aliphatic carbocycles. The van der Waals surface area contributed by atoms with Crippen LogP contribution in [0.2, 0.25) is 5.02 Å². The number of aryl methyl sites for hydroxylation is 2. The van der Waals surface area contributed by atoms with Gasteiger partial charge in [-0.2, -0.15) is 0 Å². The van der Waals surface area contributed by atoms with Gasteiger partial charge in [-0.15, -0.1) is 0 Å². The molecule has 0 aromatic heterocycles. The number of piperazine rings is 1. The average molecular weight is 632 g/mol. The molecule has 0 amide bonds. The number of likely N-dealkylation sites (tertiary alicyclic amines) is 1. The molecule has 4 unspecified atom stereocenters. The minimum Gasteiger partial charge on any atom is -0.376 e. The molecule has 0 radical (unpaired) electrons. The number of fused-ring (bicyclic) bond motifs is 5. The van der Waals surface area contributed by atoms with Gasteiger partial charge in [-0.25, -0.2) is 9.38 Å². The number of ether oxygens (including phenoxy) is 2. The van der Waals surface area contributed by atoms with Gasteiger partial charge in [0, 0.05) is 55.4 Å². The van der Waals surface area contributed by atoms with Crippen LogP contribution in [0.15, 0.2) is 46.4 Å². The highest BCUT2D eigenvalue weighted by atomic mass is 35.5. The normalized spacial score (nSPS) is 25.0. The molecule has 4 aliphatic rings. The van der Waals surface area contributed by atoms with Gasteiger partial charge >= 0.3 is 0 Å². The summed E-state index contributed by atoms with van der Waals surface area (Å²) in [5, 5.41) is 6.20. The molecule has 2 bridgehead atoms. The fraction of sp³-hybridized carbons (Fsp3) is 0.500. The number of nitrogens with zero attached hydrogens (tertiary/aromatic N) is 4. The summed E-state index contributed by atoms with van der Waals surface area (Å²) in [4.78, 5) is 13.9. The van der Waals surface area contributed by atoms with E-state index in [1.165, 1.54) is 11.1 Å². The van der Waals surface area contributed by atoms with Crippen molar-refractivity contribution < 1.29 is 13.9 Å². The lowest BCUT2D eigenvalue weighted by molar-refractivity contribution is -0.0513. The number of amidine groups is 1. The van der Waals surface area contributed by atoms with E-state index in [-0.39, 0.29) is 18.5 Å². The summed E-state index contributed by atoms with van der Waals surface area (Å²) < 4.78 is 28.5. The Labute approximate surface area is 270 Å². The maximum absolute atomic E-state index is 16.7. The van der Waals surface area contributed by atoms with Crippen LogP contribution in [-0.4, -0.2) is 92.7 Å². The molecule has 0 spiro atoms. The molecule has 3 aromatic carbocycles. The highest BCUT2D eigenvalue weighted by Crippen LogP contribution is 2.44. The topological polar surface area (TPSA) is 61.7 Å². The monoisotopic (exact) mass is 631 g/mol. The Hall–Kier alpha value is -2.88. The van der Waals surface area contributed by atoms with Gasteiger partial charge < -0.3 is 19.7 Å². The molecule has 45 heavy (non-hydrogen) atoms. The van der Waals surface area contributed by atoms with Crippen molar-refractivity contribution in [3.8, 4) is 11.1 Å². The van der Waals surface area contributed by atoms with Crippen molar-refractivity contribution in [3.63, 3.8) is 0 Å². The summed E-state index contributed by atoms with van der Waals surface area (Å²) in [5.74, 6) is 0.207. The molecule has 3 aromatic rings. The van der Waals surface area contributed by atoms with Crippen molar-refractivity contribution in [1.82, 2.24) is 15.1 Å². The lowest BCUT2D eigenvalue weighted by Crippen LogP contribution is -2.53. The second-order valence-corrected chi connectivity index (χ2v) is 13.5. The summed E-state index contributed by atoms with van der Waals surface area (Å²) in [6.07, 6.45) is 5.44. The summed E-state index contributed by atoms with van der Waals surface area (Å²) in [6, 6.07) is 13.3. The molecule has 238 valence electrons. The van der Waals surface area contributed by atoms with Gasteiger partial charge in [0.1, 0.15) is 18.3 Å². The highest BCUT2D eigenvalue weighted by Gasteiger charge is 2.35. The van der Waals surface area contributed by atoms with Crippen LogP contribution < -0.4 is 5.32 Å². The predicted octanol–water partition coefficient (Wildman–Crippen LogP) is 6.39. The SMILES string of the molecule is C=Nc1c(C(=NCOCCCN2CC(C)OCC2C)N2CC3CCC(C2)N3)cc(Cl)c(-c2cccc3ccc4c(c23)CC4)c1F. The van der Waals surface area contributed by atoms with Crippen molar-refractivity contribution in [1.29, 1.82) is 0 Å². The third-order valence-corrected chi connectivity index (χ3v) is 10.3. The lowest BCUT2D eigenvalue weighted by Gasteiger charge is -2.36. The molecule has 1 N–H and O–H groups in total. The van der Waals surface area contributed by atoms with E-state index in [1.807, 2.05) is 18.2 Å². The Balaban J connectivity index is 1.18. The van der Waals surface area contributed by atoms with Crippen molar-refractivity contribution in [2.24, 2.45) is 9.98 Å². The lowest BCUT2D eigenvalue weighted by atomic mass is 9.81. The highest BCUT2D eigenvalue weighted by molar-refractivity contribution is 6.34. The zero-order chi connectivity index (χ0) is 31.1. The van der Waals surface area contributed by atoms with E-state index in [1.54, 1.807) is 0 Å². The Morgan fingerprint density at radius 2 is 1.96 bits per heavy atom. The van der Waals surface area contributed by atoms with E-state index in [4.69, 9.17) is 26.1 Å². The Kier molecular flexibility index (Phi) is 8.94. The van der Waals surface area contributed by atoms with E-state index >= 15 is 4.39 Å². The summed E-state index contributed by atoms with van der Waals surface area (Å²) in [5.41, 5.74) is 4.52. The van der Waals surface area contributed by atoms with Crippen molar-refractivity contribution in [3.05, 3.63) is 63.9 Å². The third kappa shape index (κ3) is 6.03. The van der Waals surface area contributed by atoms with Gasteiger partial charge in [0.25, 0.3) is 0 Å². The van der Waals surface area contributed by atoms with Gasteiger partial charge in [0.2, 0.25) is 0 Å². The fourth-order valence-electron chi connectivity index (χ4n) is 7.64. The first kappa shape index (κ1) is 30.8. The van der Waals surface area contributed by atoms with Crippen LogP contribution in [0.1, 0.15) is 49.8 Å². The molecule has 9 heteroatoms. The summed E-state index contributed by atoms with van der Waals surface area (Å²) in [7, 11) is 0. The van der Waals surface area contributed by atoms with Gasteiger partial charge in [-0.1, -0.05) is 41.9 Å². The maximum Gasteiger partial charge on any atom is 0.158 e. The first-order valence-electron chi connectivity index (χ1n) is 16.4. The minimum atomic E-state index is -0.461. The molecule has 3 heterocycles. The van der Waals surface area contributed by atoms with Gasteiger partial charge in [-0.05, 0) is 86.2 Å². The molecule has 0 saturated carbocycles. The van der Waals surface area contributed by atoms with E-state index in [2.05, 4.69) is 58.9 Å². The van der Waals surface area contributed by atoms with Crippen LogP contribution in [0.25, 0.3) is 21.9 Å². The van der Waals surface area contributed by atoms with E-state index in [0.29, 0.717) is 46.7 Å². The molecule has 3 fully saturated rings. The van der Waals surface area contributed by atoms with Gasteiger partial charge in [0.05, 0.1) is 24.3 Å². The first-order chi connectivity index (χ1) is 21.9. The zero-order valence-corrected chi connectivity index (χ0v) is 27.1. The van der Waals surface area contributed by atoms with Gasteiger partial charge in [-0.3, -0.25) is 9.89 Å². The number of nitrogens with one attached hydrogen (secondary N) is 1. The summed E-state index contributed by atoms with van der Waals surface area (Å²) >= 11 is 7.03. The predicted molar refractivity (Wildman–Crippen MR) is 181 cm³/mol. The van der Waals surface area contributed by atoms with Crippen LogP contribution in [0.5, 0.6) is 0 Å². The van der Waals surface area contributed by atoms with Crippen LogP contribution >= 0.6 is 11.6 Å². The van der Waals surface area contributed by atoms with Crippen LogP contribution in [0.3, 0.4) is 0 Å². The second kappa shape index (κ2) is 13.1. The number of aliphatic imine (C=N–C) groups is 2. The zero-order valence-electron chi connectivity index (χ0n) is 26.3. The first-order valence-corrected chi connectivity index (χ1v) is 16.8. The number of hydrogen-bond acceptors (Lipinski definition) is 6. The van der Waals surface area contributed by atoms with Crippen LogP contribution in [0, 0.1) is 5.82 Å². The molecule has 3 aliphatic heterocycles. The molecule has 3 saturated heterocycles. The van der Waals surface area contributed by atoms with Crippen molar-refractivity contribution in [2.75, 3.05) is 46.1 Å². The molecule has 4 atom stereocenters. The molecular formula is C36H43ClFN5O2. The van der Waals surface area contributed by atoms with Gasteiger partial charge in [0.15, 0.2) is 5.82 Å². The molecular weight excluding hydrogens is 589 g/mol. The number of benzene rings is 3.